The Bertz CT molecular complexity index is 646. The molecule has 24 heavy (non-hydrogen) atoms. The normalized spacial score (nSPS) is 13.5. The molecule has 2 unspecified atom stereocenters. The lowest BCUT2D eigenvalue weighted by Gasteiger charge is -2.20. The van der Waals surface area contributed by atoms with Crippen molar-refractivity contribution in [1.29, 1.82) is 0 Å². The minimum absolute atomic E-state index is 0.165. The van der Waals surface area contributed by atoms with Gasteiger partial charge >= 0.3 is 0 Å². The van der Waals surface area contributed by atoms with Gasteiger partial charge in [-0.15, -0.1) is 0 Å². The predicted molar refractivity (Wildman–Crippen MR) is 100 cm³/mol. The molecule has 2 aromatic rings. The number of benzene rings is 2. The minimum atomic E-state index is -0.628. The van der Waals surface area contributed by atoms with Crippen molar-refractivity contribution in [3.8, 4) is 5.75 Å². The lowest BCUT2D eigenvalue weighted by Crippen LogP contribution is -2.33. The van der Waals surface area contributed by atoms with Gasteiger partial charge in [-0.3, -0.25) is 0 Å². The summed E-state index contributed by atoms with van der Waals surface area (Å²) in [5, 5.41) is 14.5. The van der Waals surface area contributed by atoms with Crippen LogP contribution in [0, 0.1) is 6.92 Å². The Hall–Kier alpha value is -1.26. The summed E-state index contributed by atoms with van der Waals surface area (Å²) in [6.45, 7) is 4.80. The lowest BCUT2D eigenvalue weighted by atomic mass is 10.0. The van der Waals surface area contributed by atoms with E-state index in [9.17, 15) is 5.11 Å². The van der Waals surface area contributed by atoms with Gasteiger partial charge in [-0.05, 0) is 37.1 Å². The van der Waals surface area contributed by atoms with Crippen LogP contribution in [0.2, 0.25) is 10.0 Å². The summed E-state index contributed by atoms with van der Waals surface area (Å²) in [7, 11) is 0. The first-order valence-corrected chi connectivity index (χ1v) is 8.81. The van der Waals surface area contributed by atoms with Gasteiger partial charge in [0.1, 0.15) is 18.5 Å². The zero-order chi connectivity index (χ0) is 17.5. The predicted octanol–water partition coefficient (Wildman–Crippen LogP) is 4.78. The Morgan fingerprint density at radius 3 is 2.46 bits per heavy atom. The number of halogens is 2. The number of nitrogens with one attached hydrogen (secondary N) is 1. The number of hydrogen-bond donors (Lipinski definition) is 2. The molecule has 5 heteroatoms. The van der Waals surface area contributed by atoms with Crippen LogP contribution in [-0.4, -0.2) is 24.4 Å². The van der Waals surface area contributed by atoms with Crippen LogP contribution >= 0.6 is 23.2 Å². The molecular weight excluding hydrogens is 345 g/mol. The average Bonchev–Trinajstić information content (AvgIpc) is 2.56. The zero-order valence-corrected chi connectivity index (χ0v) is 15.4. The number of aliphatic hydroxyl groups is 1. The topological polar surface area (TPSA) is 41.5 Å². The molecule has 0 bridgehead atoms. The van der Waals surface area contributed by atoms with E-state index in [2.05, 4.69) is 43.4 Å². The standard InChI is InChI=1S/C19H23Cl2NO2/c1-3-18(14-6-4-13(2)5-7-14)22-11-16(23)12-24-19-9-8-15(20)10-17(19)21/h4-10,16,18,22-23H,3,11-12H2,1-2H3. The van der Waals surface area contributed by atoms with Gasteiger partial charge in [0.05, 0.1) is 5.02 Å². The van der Waals surface area contributed by atoms with E-state index in [1.165, 1.54) is 11.1 Å². The van der Waals surface area contributed by atoms with Gasteiger partial charge in [-0.1, -0.05) is 60.0 Å². The maximum Gasteiger partial charge on any atom is 0.138 e. The molecule has 2 atom stereocenters. The van der Waals surface area contributed by atoms with Crippen molar-refractivity contribution in [1.82, 2.24) is 5.32 Å². The second kappa shape index (κ2) is 9.28. The van der Waals surface area contributed by atoms with E-state index in [0.717, 1.165) is 6.42 Å². The molecule has 0 aliphatic carbocycles. The first-order chi connectivity index (χ1) is 11.5. The molecule has 0 aliphatic heterocycles. The monoisotopic (exact) mass is 367 g/mol. The van der Waals surface area contributed by atoms with Crippen LogP contribution in [0.25, 0.3) is 0 Å². The lowest BCUT2D eigenvalue weighted by molar-refractivity contribution is 0.103. The molecule has 2 rings (SSSR count). The summed E-state index contributed by atoms with van der Waals surface area (Å²) in [5.74, 6) is 0.519. The highest BCUT2D eigenvalue weighted by Gasteiger charge is 2.12. The smallest absolute Gasteiger partial charge is 0.138 e. The van der Waals surface area contributed by atoms with Crippen LogP contribution in [0.1, 0.15) is 30.5 Å². The van der Waals surface area contributed by atoms with Crippen LogP contribution in [0.5, 0.6) is 5.75 Å². The van der Waals surface area contributed by atoms with Crippen molar-refractivity contribution in [3.05, 3.63) is 63.6 Å². The van der Waals surface area contributed by atoms with E-state index in [-0.39, 0.29) is 12.6 Å². The maximum atomic E-state index is 10.1. The van der Waals surface area contributed by atoms with Crippen LogP contribution in [0.15, 0.2) is 42.5 Å². The number of aryl methyl sites for hydroxylation is 1. The van der Waals surface area contributed by atoms with Gasteiger partial charge < -0.3 is 15.2 Å². The molecule has 0 aliphatic rings. The highest BCUT2D eigenvalue weighted by Crippen LogP contribution is 2.27. The van der Waals surface area contributed by atoms with Crippen LogP contribution in [0.3, 0.4) is 0 Å². The third-order valence-corrected chi connectivity index (χ3v) is 4.34. The molecule has 2 N–H and O–H groups in total. The number of rotatable bonds is 8. The first-order valence-electron chi connectivity index (χ1n) is 8.05. The van der Waals surface area contributed by atoms with Crippen LogP contribution < -0.4 is 10.1 Å². The summed E-state index contributed by atoms with van der Waals surface area (Å²) in [6, 6.07) is 13.7. The minimum Gasteiger partial charge on any atom is -0.489 e. The Kier molecular flexibility index (Phi) is 7.38. The number of aliphatic hydroxyl groups excluding tert-OH is 1. The van der Waals surface area contributed by atoms with Crippen LogP contribution in [0.4, 0.5) is 0 Å². The fraction of sp³-hybridized carbons (Fsp3) is 0.368. The summed E-state index contributed by atoms with van der Waals surface area (Å²) in [5.41, 5.74) is 2.46. The second-order valence-corrected chi connectivity index (χ2v) is 6.66. The molecule has 0 spiro atoms. The summed E-state index contributed by atoms with van der Waals surface area (Å²) >= 11 is 11.9. The summed E-state index contributed by atoms with van der Waals surface area (Å²) < 4.78 is 5.56. The molecule has 2 aromatic carbocycles. The average molecular weight is 368 g/mol. The molecule has 130 valence electrons. The van der Waals surface area contributed by atoms with Gasteiger partial charge in [-0.2, -0.15) is 0 Å². The Balaban J connectivity index is 1.83. The van der Waals surface area contributed by atoms with Gasteiger partial charge in [0.2, 0.25) is 0 Å². The Morgan fingerprint density at radius 1 is 1.12 bits per heavy atom. The van der Waals surface area contributed by atoms with Crippen molar-refractivity contribution in [3.63, 3.8) is 0 Å². The molecule has 0 radical (unpaired) electrons. The van der Waals surface area contributed by atoms with Crippen molar-refractivity contribution in [2.24, 2.45) is 0 Å². The number of hydrogen-bond acceptors (Lipinski definition) is 3. The van der Waals surface area contributed by atoms with E-state index in [0.29, 0.717) is 22.3 Å². The Morgan fingerprint density at radius 2 is 1.83 bits per heavy atom. The molecular formula is C19H23Cl2NO2. The molecule has 0 saturated carbocycles. The van der Waals surface area contributed by atoms with Crippen molar-refractivity contribution in [2.45, 2.75) is 32.4 Å². The fourth-order valence-corrected chi connectivity index (χ4v) is 2.88. The quantitative estimate of drug-likeness (QED) is 0.705. The molecule has 0 saturated heterocycles. The highest BCUT2D eigenvalue weighted by atomic mass is 35.5. The summed E-state index contributed by atoms with van der Waals surface area (Å²) in [6.07, 6.45) is 0.316. The van der Waals surface area contributed by atoms with E-state index < -0.39 is 6.10 Å². The molecule has 0 fully saturated rings. The van der Waals surface area contributed by atoms with Crippen molar-refractivity contribution >= 4 is 23.2 Å². The second-order valence-electron chi connectivity index (χ2n) is 5.82. The van der Waals surface area contributed by atoms with Gasteiger partial charge in [0, 0.05) is 17.6 Å². The van der Waals surface area contributed by atoms with Gasteiger partial charge in [0.15, 0.2) is 0 Å². The fourth-order valence-electron chi connectivity index (χ4n) is 2.41. The summed E-state index contributed by atoms with van der Waals surface area (Å²) in [4.78, 5) is 0. The maximum absolute atomic E-state index is 10.1. The molecule has 0 aromatic heterocycles. The van der Waals surface area contributed by atoms with Crippen molar-refractivity contribution in [2.75, 3.05) is 13.2 Å². The van der Waals surface area contributed by atoms with E-state index in [4.69, 9.17) is 27.9 Å². The molecule has 0 amide bonds. The van der Waals surface area contributed by atoms with Crippen LogP contribution in [-0.2, 0) is 0 Å². The first kappa shape index (κ1) is 19.1. The SMILES string of the molecule is CCC(NCC(O)COc1ccc(Cl)cc1Cl)c1ccc(C)cc1. The molecule has 3 nitrogen and oxygen atoms in total. The largest absolute Gasteiger partial charge is 0.489 e. The zero-order valence-electron chi connectivity index (χ0n) is 13.9. The van der Waals surface area contributed by atoms with Gasteiger partial charge in [-0.25, -0.2) is 0 Å². The number of ether oxygens (including phenoxy) is 1. The van der Waals surface area contributed by atoms with E-state index in [1.54, 1.807) is 18.2 Å². The highest BCUT2D eigenvalue weighted by molar-refractivity contribution is 6.35. The third kappa shape index (κ3) is 5.67. The van der Waals surface area contributed by atoms with Crippen molar-refractivity contribution < 1.29 is 9.84 Å². The Labute approximate surface area is 153 Å². The van der Waals surface area contributed by atoms with E-state index in [1.807, 2.05) is 0 Å². The van der Waals surface area contributed by atoms with E-state index >= 15 is 0 Å². The van der Waals surface area contributed by atoms with Gasteiger partial charge in [0.25, 0.3) is 0 Å². The molecule has 0 heterocycles. The third-order valence-electron chi connectivity index (χ3n) is 3.81.